The molecule has 1 amide bonds. The Bertz CT molecular complexity index is 1050. The van der Waals surface area contributed by atoms with E-state index in [1.807, 2.05) is 4.90 Å². The number of hydrogen-bond acceptors (Lipinski definition) is 7. The maximum Gasteiger partial charge on any atom is 0.416 e. The standard InChI is InChI=1S/C19H19F3N6O2S/c20-19(21,22)13-3-1-4-14(11-13)26-6-8-27(9-7-26)16(29)12-31-18-25-24-17(28(18)23)15-5-2-10-30-15/h1-5,10-11H,6-9,12,23H2. The van der Waals surface area contributed by atoms with E-state index in [1.54, 1.807) is 23.1 Å². The zero-order valence-electron chi connectivity index (χ0n) is 16.2. The zero-order valence-corrected chi connectivity index (χ0v) is 17.1. The molecule has 0 saturated carbocycles. The fourth-order valence-electron chi connectivity index (χ4n) is 3.26. The Morgan fingerprint density at radius 3 is 2.58 bits per heavy atom. The topological polar surface area (TPSA) is 93.4 Å². The summed E-state index contributed by atoms with van der Waals surface area (Å²) >= 11 is 1.16. The Balaban J connectivity index is 1.31. The van der Waals surface area contributed by atoms with Crippen LogP contribution in [-0.2, 0) is 11.0 Å². The fourth-order valence-corrected chi connectivity index (χ4v) is 4.02. The van der Waals surface area contributed by atoms with E-state index in [0.29, 0.717) is 48.6 Å². The van der Waals surface area contributed by atoms with Crippen molar-refractivity contribution in [3.8, 4) is 11.6 Å². The van der Waals surface area contributed by atoms with Crippen LogP contribution in [0.25, 0.3) is 11.6 Å². The van der Waals surface area contributed by atoms with Gasteiger partial charge in [0.1, 0.15) is 0 Å². The van der Waals surface area contributed by atoms with Gasteiger partial charge in [0, 0.05) is 31.9 Å². The highest BCUT2D eigenvalue weighted by atomic mass is 32.2. The molecule has 0 spiro atoms. The molecule has 0 atom stereocenters. The molecule has 1 fully saturated rings. The molecule has 2 aromatic heterocycles. The lowest BCUT2D eigenvalue weighted by Crippen LogP contribution is -2.49. The lowest BCUT2D eigenvalue weighted by atomic mass is 10.1. The van der Waals surface area contributed by atoms with Crippen LogP contribution in [0.5, 0.6) is 0 Å². The summed E-state index contributed by atoms with van der Waals surface area (Å²) in [7, 11) is 0. The van der Waals surface area contributed by atoms with Crippen molar-refractivity contribution in [1.82, 2.24) is 19.8 Å². The zero-order chi connectivity index (χ0) is 22.0. The number of benzene rings is 1. The number of amides is 1. The normalized spacial score (nSPS) is 14.8. The van der Waals surface area contributed by atoms with Crippen molar-refractivity contribution in [2.24, 2.45) is 0 Å². The molecule has 0 aliphatic carbocycles. The van der Waals surface area contributed by atoms with Crippen molar-refractivity contribution in [2.75, 3.05) is 42.7 Å². The van der Waals surface area contributed by atoms with E-state index in [4.69, 9.17) is 10.3 Å². The third-order valence-corrected chi connectivity index (χ3v) is 5.83. The number of aromatic nitrogens is 3. The summed E-state index contributed by atoms with van der Waals surface area (Å²) < 4.78 is 45.3. The van der Waals surface area contributed by atoms with Crippen LogP contribution in [0.1, 0.15) is 5.56 Å². The molecule has 4 rings (SSSR count). The highest BCUT2D eigenvalue weighted by Crippen LogP contribution is 2.32. The number of halogens is 3. The summed E-state index contributed by atoms with van der Waals surface area (Å²) in [5, 5.41) is 8.34. The quantitative estimate of drug-likeness (QED) is 0.470. The van der Waals surface area contributed by atoms with Gasteiger partial charge in [0.15, 0.2) is 5.76 Å². The summed E-state index contributed by atoms with van der Waals surface area (Å²) in [5.41, 5.74) is -0.183. The van der Waals surface area contributed by atoms with Gasteiger partial charge >= 0.3 is 6.18 Å². The number of carbonyl (C=O) groups excluding carboxylic acids is 1. The van der Waals surface area contributed by atoms with Gasteiger partial charge in [-0.15, -0.1) is 10.2 Å². The van der Waals surface area contributed by atoms with Crippen LogP contribution < -0.4 is 10.7 Å². The Kier molecular flexibility index (Phi) is 5.81. The molecule has 3 heterocycles. The molecule has 31 heavy (non-hydrogen) atoms. The molecule has 1 aliphatic rings. The minimum atomic E-state index is -4.38. The number of hydrogen-bond donors (Lipinski definition) is 1. The molecular formula is C19H19F3N6O2S. The second-order valence-corrected chi connectivity index (χ2v) is 7.80. The van der Waals surface area contributed by atoms with E-state index < -0.39 is 11.7 Å². The lowest BCUT2D eigenvalue weighted by molar-refractivity contribution is -0.137. The molecule has 2 N–H and O–H groups in total. The van der Waals surface area contributed by atoms with Crippen LogP contribution in [0.15, 0.2) is 52.2 Å². The van der Waals surface area contributed by atoms with E-state index in [-0.39, 0.29) is 11.7 Å². The van der Waals surface area contributed by atoms with Crippen molar-refractivity contribution in [2.45, 2.75) is 11.3 Å². The molecule has 0 radical (unpaired) electrons. The molecular weight excluding hydrogens is 433 g/mol. The third kappa shape index (κ3) is 4.63. The Hall–Kier alpha value is -3.15. The van der Waals surface area contributed by atoms with Gasteiger partial charge in [-0.1, -0.05) is 17.8 Å². The largest absolute Gasteiger partial charge is 0.461 e. The summed E-state index contributed by atoms with van der Waals surface area (Å²) in [6.07, 6.45) is -2.88. The smallest absolute Gasteiger partial charge is 0.416 e. The molecule has 1 saturated heterocycles. The van der Waals surface area contributed by atoms with Gasteiger partial charge < -0.3 is 20.1 Å². The lowest BCUT2D eigenvalue weighted by Gasteiger charge is -2.36. The molecule has 12 heteroatoms. The molecule has 8 nitrogen and oxygen atoms in total. The van der Waals surface area contributed by atoms with E-state index in [1.165, 1.54) is 17.0 Å². The number of nitrogens with zero attached hydrogens (tertiary/aromatic N) is 5. The Morgan fingerprint density at radius 1 is 1.13 bits per heavy atom. The number of thioether (sulfide) groups is 1. The summed E-state index contributed by atoms with van der Waals surface area (Å²) in [4.78, 5) is 16.1. The second kappa shape index (κ2) is 8.53. The van der Waals surface area contributed by atoms with E-state index in [0.717, 1.165) is 23.9 Å². The SMILES string of the molecule is Nn1c(SCC(=O)N2CCN(c3cccc(C(F)(F)F)c3)CC2)nnc1-c1ccco1. The second-order valence-electron chi connectivity index (χ2n) is 6.86. The van der Waals surface area contributed by atoms with Gasteiger partial charge in [-0.2, -0.15) is 13.2 Å². The number of nitrogens with two attached hydrogens (primary N) is 1. The van der Waals surface area contributed by atoms with Crippen molar-refractivity contribution in [3.63, 3.8) is 0 Å². The van der Waals surface area contributed by atoms with Gasteiger partial charge in [-0.3, -0.25) is 4.79 Å². The van der Waals surface area contributed by atoms with Crippen LogP contribution in [0.3, 0.4) is 0 Å². The van der Waals surface area contributed by atoms with Crippen molar-refractivity contribution < 1.29 is 22.4 Å². The van der Waals surface area contributed by atoms with E-state index in [9.17, 15) is 18.0 Å². The van der Waals surface area contributed by atoms with Crippen LogP contribution in [0, 0.1) is 0 Å². The molecule has 1 aliphatic heterocycles. The monoisotopic (exact) mass is 452 g/mol. The number of anilines is 1. The number of furan rings is 1. The van der Waals surface area contributed by atoms with Crippen LogP contribution >= 0.6 is 11.8 Å². The van der Waals surface area contributed by atoms with E-state index in [2.05, 4.69) is 10.2 Å². The molecule has 0 bridgehead atoms. The van der Waals surface area contributed by atoms with Gasteiger partial charge in [-0.05, 0) is 30.3 Å². The van der Waals surface area contributed by atoms with Crippen LogP contribution in [-0.4, -0.2) is 57.6 Å². The Labute approximate surface area is 179 Å². The predicted molar refractivity (Wildman–Crippen MR) is 109 cm³/mol. The first-order valence-electron chi connectivity index (χ1n) is 9.40. The fraction of sp³-hybridized carbons (Fsp3) is 0.316. The summed E-state index contributed by atoms with van der Waals surface area (Å²) in [5.74, 6) is 6.83. The van der Waals surface area contributed by atoms with Crippen molar-refractivity contribution >= 4 is 23.4 Å². The summed E-state index contributed by atoms with van der Waals surface area (Å²) in [6, 6.07) is 8.64. The number of nitrogen functional groups attached to an aromatic ring is 1. The van der Waals surface area contributed by atoms with Gasteiger partial charge in [0.25, 0.3) is 0 Å². The maximum absolute atomic E-state index is 12.9. The predicted octanol–water partition coefficient (Wildman–Crippen LogP) is 2.71. The number of alkyl halides is 3. The number of piperazine rings is 1. The number of rotatable bonds is 5. The maximum atomic E-state index is 12.9. The molecule has 0 unspecified atom stereocenters. The van der Waals surface area contributed by atoms with Gasteiger partial charge in [0.05, 0.1) is 17.6 Å². The summed E-state index contributed by atoms with van der Waals surface area (Å²) in [6.45, 7) is 1.74. The first-order valence-corrected chi connectivity index (χ1v) is 10.4. The van der Waals surface area contributed by atoms with Crippen molar-refractivity contribution in [1.29, 1.82) is 0 Å². The third-order valence-electron chi connectivity index (χ3n) is 4.90. The average molecular weight is 452 g/mol. The van der Waals surface area contributed by atoms with Gasteiger partial charge in [0.2, 0.25) is 16.9 Å². The first kappa shape index (κ1) is 21.1. The minimum absolute atomic E-state index is 0.101. The average Bonchev–Trinajstić information content (AvgIpc) is 3.41. The van der Waals surface area contributed by atoms with Crippen LogP contribution in [0.4, 0.5) is 18.9 Å². The first-order chi connectivity index (χ1) is 14.8. The highest BCUT2D eigenvalue weighted by molar-refractivity contribution is 7.99. The Morgan fingerprint density at radius 2 is 1.90 bits per heavy atom. The number of carbonyl (C=O) groups is 1. The molecule has 164 valence electrons. The van der Waals surface area contributed by atoms with Crippen LogP contribution in [0.2, 0.25) is 0 Å². The minimum Gasteiger partial charge on any atom is -0.461 e. The highest BCUT2D eigenvalue weighted by Gasteiger charge is 2.31. The molecule has 3 aromatic rings. The van der Waals surface area contributed by atoms with E-state index >= 15 is 0 Å². The van der Waals surface area contributed by atoms with Crippen molar-refractivity contribution in [3.05, 3.63) is 48.2 Å². The van der Waals surface area contributed by atoms with Gasteiger partial charge in [-0.25, -0.2) is 4.68 Å². The molecule has 1 aromatic carbocycles.